The number of ether oxygens (including phenoxy) is 4. The first kappa shape index (κ1) is 18.6. The number of hydrogen-bond donors (Lipinski definition) is 0. The highest BCUT2D eigenvalue weighted by molar-refractivity contribution is 5.73. The maximum absolute atomic E-state index is 14.8. The van der Waals surface area contributed by atoms with Gasteiger partial charge in [-0.25, -0.2) is 4.39 Å². The van der Waals surface area contributed by atoms with Crippen molar-refractivity contribution < 1.29 is 23.3 Å². The predicted octanol–water partition coefficient (Wildman–Crippen LogP) is 5.19. The van der Waals surface area contributed by atoms with Crippen LogP contribution in [-0.2, 0) is 0 Å². The maximum atomic E-state index is 14.8. The second-order valence-corrected chi connectivity index (χ2v) is 5.83. The number of benzene rings is 3. The molecule has 0 aliphatic heterocycles. The fourth-order valence-corrected chi connectivity index (χ4v) is 2.95. The van der Waals surface area contributed by atoms with Crippen molar-refractivity contribution in [3.8, 4) is 45.3 Å². The van der Waals surface area contributed by atoms with E-state index in [1.807, 2.05) is 18.2 Å². The number of hydrogen-bond acceptors (Lipinski definition) is 4. The van der Waals surface area contributed by atoms with E-state index in [0.29, 0.717) is 34.1 Å². The molecule has 0 aliphatic rings. The van der Waals surface area contributed by atoms with Gasteiger partial charge >= 0.3 is 0 Å². The molecule has 3 rings (SSSR count). The molecule has 0 N–H and O–H groups in total. The molecule has 0 aliphatic carbocycles. The van der Waals surface area contributed by atoms with E-state index in [1.54, 1.807) is 58.8 Å². The Morgan fingerprint density at radius 1 is 0.519 bits per heavy atom. The molecule has 0 bridgehead atoms. The highest BCUT2D eigenvalue weighted by Crippen LogP contribution is 2.36. The Balaban J connectivity index is 1.99. The highest BCUT2D eigenvalue weighted by Gasteiger charge is 2.12. The van der Waals surface area contributed by atoms with Crippen LogP contribution in [0.5, 0.6) is 23.0 Å². The molecule has 0 aromatic heterocycles. The van der Waals surface area contributed by atoms with Gasteiger partial charge in [0.05, 0.1) is 28.4 Å². The quantitative estimate of drug-likeness (QED) is 0.600. The van der Waals surface area contributed by atoms with Crippen LogP contribution < -0.4 is 18.9 Å². The molecule has 0 radical (unpaired) electrons. The van der Waals surface area contributed by atoms with Crippen LogP contribution in [-0.4, -0.2) is 28.4 Å². The lowest BCUT2D eigenvalue weighted by Gasteiger charge is -2.12. The maximum Gasteiger partial charge on any atom is 0.161 e. The summed E-state index contributed by atoms with van der Waals surface area (Å²) in [6.45, 7) is 0. The molecular weight excluding hydrogens is 347 g/mol. The first-order valence-electron chi connectivity index (χ1n) is 8.35. The summed E-state index contributed by atoms with van der Waals surface area (Å²) >= 11 is 0. The van der Waals surface area contributed by atoms with Crippen molar-refractivity contribution >= 4 is 0 Å². The van der Waals surface area contributed by atoms with Crippen LogP contribution in [0, 0.1) is 5.82 Å². The molecule has 0 unspecified atom stereocenters. The Hall–Kier alpha value is -3.21. The lowest BCUT2D eigenvalue weighted by atomic mass is 9.99. The van der Waals surface area contributed by atoms with Crippen LogP contribution in [0.4, 0.5) is 4.39 Å². The third kappa shape index (κ3) is 3.67. The first-order chi connectivity index (χ1) is 13.1. The van der Waals surface area contributed by atoms with E-state index in [2.05, 4.69) is 0 Å². The lowest BCUT2D eigenvalue weighted by molar-refractivity contribution is 0.355. The van der Waals surface area contributed by atoms with Crippen molar-refractivity contribution in [2.75, 3.05) is 28.4 Å². The molecule has 0 heterocycles. The Bertz CT molecular complexity index is 953. The van der Waals surface area contributed by atoms with Gasteiger partial charge in [0, 0.05) is 5.56 Å². The van der Waals surface area contributed by atoms with E-state index in [-0.39, 0.29) is 5.82 Å². The van der Waals surface area contributed by atoms with Crippen LogP contribution in [0.2, 0.25) is 0 Å². The van der Waals surface area contributed by atoms with Gasteiger partial charge in [-0.05, 0) is 47.0 Å². The zero-order valence-electron chi connectivity index (χ0n) is 15.7. The zero-order valence-corrected chi connectivity index (χ0v) is 15.7. The Morgan fingerprint density at radius 2 is 0.963 bits per heavy atom. The van der Waals surface area contributed by atoms with Gasteiger partial charge in [0.2, 0.25) is 0 Å². The van der Waals surface area contributed by atoms with Gasteiger partial charge in [-0.1, -0.05) is 24.3 Å². The fraction of sp³-hybridized carbons (Fsp3) is 0.182. The Kier molecular flexibility index (Phi) is 5.50. The summed E-state index contributed by atoms with van der Waals surface area (Å²) in [5.74, 6) is 2.06. The van der Waals surface area contributed by atoms with E-state index in [4.69, 9.17) is 18.9 Å². The summed E-state index contributed by atoms with van der Waals surface area (Å²) in [6.07, 6.45) is 0. The van der Waals surface area contributed by atoms with Crippen LogP contribution in [0.25, 0.3) is 22.3 Å². The Morgan fingerprint density at radius 3 is 1.48 bits per heavy atom. The summed E-state index contributed by atoms with van der Waals surface area (Å²) in [4.78, 5) is 0. The van der Waals surface area contributed by atoms with Crippen LogP contribution >= 0.6 is 0 Å². The second-order valence-electron chi connectivity index (χ2n) is 5.83. The van der Waals surface area contributed by atoms with E-state index >= 15 is 0 Å². The molecular formula is C22H21FO4. The van der Waals surface area contributed by atoms with E-state index in [1.165, 1.54) is 6.07 Å². The lowest BCUT2D eigenvalue weighted by Crippen LogP contribution is -1.93. The molecule has 27 heavy (non-hydrogen) atoms. The largest absolute Gasteiger partial charge is 0.493 e. The molecule has 0 amide bonds. The van der Waals surface area contributed by atoms with Gasteiger partial charge in [0.25, 0.3) is 0 Å². The van der Waals surface area contributed by atoms with Gasteiger partial charge in [0.1, 0.15) is 5.82 Å². The smallest absolute Gasteiger partial charge is 0.161 e. The summed E-state index contributed by atoms with van der Waals surface area (Å²) in [5, 5.41) is 0. The molecule has 140 valence electrons. The van der Waals surface area contributed by atoms with Crippen molar-refractivity contribution in [2.45, 2.75) is 0 Å². The number of rotatable bonds is 6. The monoisotopic (exact) mass is 368 g/mol. The molecule has 0 saturated heterocycles. The fourth-order valence-electron chi connectivity index (χ4n) is 2.95. The van der Waals surface area contributed by atoms with E-state index in [0.717, 1.165) is 11.1 Å². The average molecular weight is 368 g/mol. The normalized spacial score (nSPS) is 10.4. The van der Waals surface area contributed by atoms with Crippen molar-refractivity contribution in [3.63, 3.8) is 0 Å². The van der Waals surface area contributed by atoms with Gasteiger partial charge < -0.3 is 18.9 Å². The summed E-state index contributed by atoms with van der Waals surface area (Å²) in [5.41, 5.74) is 2.78. The molecule has 0 spiro atoms. The van der Waals surface area contributed by atoms with Gasteiger partial charge in [-0.15, -0.1) is 0 Å². The molecule has 3 aromatic rings. The number of halogens is 1. The molecule has 4 nitrogen and oxygen atoms in total. The zero-order chi connectivity index (χ0) is 19.4. The van der Waals surface area contributed by atoms with Crippen molar-refractivity contribution in [1.82, 2.24) is 0 Å². The van der Waals surface area contributed by atoms with Gasteiger partial charge in [0.15, 0.2) is 23.0 Å². The van der Waals surface area contributed by atoms with E-state index < -0.39 is 0 Å². The van der Waals surface area contributed by atoms with Crippen LogP contribution in [0.15, 0.2) is 54.6 Å². The number of methoxy groups -OCH3 is 4. The highest BCUT2D eigenvalue weighted by atomic mass is 19.1. The van der Waals surface area contributed by atoms with Crippen LogP contribution in [0.1, 0.15) is 0 Å². The minimum atomic E-state index is -0.325. The van der Waals surface area contributed by atoms with Crippen LogP contribution in [0.3, 0.4) is 0 Å². The molecule has 0 fully saturated rings. The first-order valence-corrected chi connectivity index (χ1v) is 8.35. The SMILES string of the molecule is COc1ccc(-c2ccc(-c3ccc(OC)c(OC)c3)c(F)c2)cc1OC. The predicted molar refractivity (Wildman–Crippen MR) is 103 cm³/mol. The third-order valence-corrected chi connectivity index (χ3v) is 4.38. The summed E-state index contributed by atoms with van der Waals surface area (Å²) < 4.78 is 36.0. The molecule has 0 saturated carbocycles. The minimum Gasteiger partial charge on any atom is -0.493 e. The summed E-state index contributed by atoms with van der Waals surface area (Å²) in [6, 6.07) is 15.9. The second kappa shape index (κ2) is 7.99. The molecule has 5 heteroatoms. The Labute approximate surface area is 158 Å². The van der Waals surface area contributed by atoms with Crippen molar-refractivity contribution in [2.24, 2.45) is 0 Å². The third-order valence-electron chi connectivity index (χ3n) is 4.38. The average Bonchev–Trinajstić information content (AvgIpc) is 2.72. The van der Waals surface area contributed by atoms with Gasteiger partial charge in [-0.2, -0.15) is 0 Å². The van der Waals surface area contributed by atoms with Crippen molar-refractivity contribution in [1.29, 1.82) is 0 Å². The molecule has 3 aromatic carbocycles. The van der Waals surface area contributed by atoms with Gasteiger partial charge in [-0.3, -0.25) is 0 Å². The minimum absolute atomic E-state index is 0.325. The summed E-state index contributed by atoms with van der Waals surface area (Å²) in [7, 11) is 6.27. The van der Waals surface area contributed by atoms with E-state index in [9.17, 15) is 4.39 Å². The standard InChI is InChI=1S/C22H21FO4/c1-24-19-9-6-15(12-21(19)26-3)14-5-8-17(18(23)11-14)16-7-10-20(25-2)22(13-16)27-4/h5-13H,1-4H3. The topological polar surface area (TPSA) is 36.9 Å². The molecule has 0 atom stereocenters. The van der Waals surface area contributed by atoms with Crippen molar-refractivity contribution in [3.05, 3.63) is 60.4 Å².